The Morgan fingerprint density at radius 1 is 1.10 bits per heavy atom. The zero-order valence-electron chi connectivity index (χ0n) is 14.1. The molecule has 3 nitrogen and oxygen atoms in total. The van der Waals surface area contributed by atoms with Crippen LogP contribution in [-0.2, 0) is 11.2 Å². The number of likely N-dealkylation sites (N-methyl/N-ethyl adjacent to an activating group) is 1. The fraction of sp³-hybridized carbons (Fsp3) is 0.611. The van der Waals surface area contributed by atoms with Gasteiger partial charge in [-0.3, -0.25) is 9.69 Å². The molecule has 0 fully saturated rings. The minimum atomic E-state index is -0.357. The molecular formula is C18H29NO2. The summed E-state index contributed by atoms with van der Waals surface area (Å²) in [7, 11) is 1.65. The molecule has 0 unspecified atom stereocenters. The van der Waals surface area contributed by atoms with Gasteiger partial charge in [-0.15, -0.1) is 0 Å². The normalized spacial score (nSPS) is 11.7. The lowest BCUT2D eigenvalue weighted by atomic mass is 9.82. The molecule has 0 amide bonds. The van der Waals surface area contributed by atoms with Crippen molar-refractivity contribution in [2.24, 2.45) is 0 Å². The van der Waals surface area contributed by atoms with E-state index >= 15 is 0 Å². The van der Waals surface area contributed by atoms with E-state index in [1.165, 1.54) is 0 Å². The Labute approximate surface area is 129 Å². The van der Waals surface area contributed by atoms with Crippen molar-refractivity contribution >= 4 is 5.78 Å². The third-order valence-electron chi connectivity index (χ3n) is 4.60. The van der Waals surface area contributed by atoms with Gasteiger partial charge in [0.2, 0.25) is 0 Å². The summed E-state index contributed by atoms with van der Waals surface area (Å²) in [4.78, 5) is 15.3. The minimum absolute atomic E-state index is 0.292. The zero-order valence-corrected chi connectivity index (χ0v) is 14.1. The Morgan fingerprint density at radius 3 is 2.14 bits per heavy atom. The van der Waals surface area contributed by atoms with Gasteiger partial charge >= 0.3 is 0 Å². The topological polar surface area (TPSA) is 29.5 Å². The molecule has 0 aliphatic carbocycles. The van der Waals surface area contributed by atoms with Gasteiger partial charge in [0.15, 0.2) is 5.78 Å². The number of carbonyl (C=O) groups is 1. The van der Waals surface area contributed by atoms with Gasteiger partial charge in [0.05, 0.1) is 12.6 Å². The molecule has 0 saturated heterocycles. The van der Waals surface area contributed by atoms with Crippen LogP contribution in [0, 0.1) is 0 Å². The number of hydrogen-bond acceptors (Lipinski definition) is 3. The highest BCUT2D eigenvalue weighted by Crippen LogP contribution is 2.28. The second-order valence-electron chi connectivity index (χ2n) is 5.32. The highest BCUT2D eigenvalue weighted by Gasteiger charge is 2.38. The van der Waals surface area contributed by atoms with Crippen LogP contribution in [0.15, 0.2) is 24.3 Å². The first-order valence-electron chi connectivity index (χ1n) is 7.99. The summed E-state index contributed by atoms with van der Waals surface area (Å²) in [6, 6.07) is 7.79. The molecule has 1 aromatic rings. The van der Waals surface area contributed by atoms with Crippen molar-refractivity contribution in [2.75, 3.05) is 20.2 Å². The highest BCUT2D eigenvalue weighted by molar-refractivity contribution is 5.90. The van der Waals surface area contributed by atoms with E-state index in [4.69, 9.17) is 4.74 Å². The number of nitrogens with zero attached hydrogens (tertiary/aromatic N) is 1. The Balaban J connectivity index is 3.07. The van der Waals surface area contributed by atoms with Gasteiger partial charge in [-0.25, -0.2) is 0 Å². The second kappa shape index (κ2) is 8.18. The van der Waals surface area contributed by atoms with Crippen LogP contribution in [0.4, 0.5) is 0 Å². The van der Waals surface area contributed by atoms with Crippen LogP contribution in [-0.4, -0.2) is 36.4 Å². The van der Waals surface area contributed by atoms with Crippen molar-refractivity contribution < 1.29 is 9.53 Å². The molecule has 0 N–H and O–H groups in total. The number of benzene rings is 1. The van der Waals surface area contributed by atoms with Crippen LogP contribution in [0.25, 0.3) is 0 Å². The summed E-state index contributed by atoms with van der Waals surface area (Å²) in [5.41, 5.74) is 0.619. The SMILES string of the molecule is CCN(CC)C(CC)(CC)C(=O)Cc1ccccc1OC. The quantitative estimate of drug-likeness (QED) is 0.694. The fourth-order valence-electron chi connectivity index (χ4n) is 3.28. The standard InChI is InChI=1S/C18H29NO2/c1-6-18(7-2,19(8-3)9-4)17(20)14-15-12-10-11-13-16(15)21-5/h10-13H,6-9,14H2,1-5H3. The van der Waals surface area contributed by atoms with Crippen molar-refractivity contribution in [2.45, 2.75) is 52.5 Å². The Morgan fingerprint density at radius 2 is 1.67 bits per heavy atom. The maximum Gasteiger partial charge on any atom is 0.157 e. The third-order valence-corrected chi connectivity index (χ3v) is 4.60. The van der Waals surface area contributed by atoms with Gasteiger partial charge < -0.3 is 4.74 Å². The number of hydrogen-bond donors (Lipinski definition) is 0. The van der Waals surface area contributed by atoms with Crippen LogP contribution in [0.2, 0.25) is 0 Å². The van der Waals surface area contributed by atoms with E-state index in [1.54, 1.807) is 7.11 Å². The van der Waals surface area contributed by atoms with Crippen molar-refractivity contribution in [3.63, 3.8) is 0 Å². The van der Waals surface area contributed by atoms with Gasteiger partial charge in [-0.1, -0.05) is 45.9 Å². The van der Waals surface area contributed by atoms with Gasteiger partial charge in [0.25, 0.3) is 0 Å². The lowest BCUT2D eigenvalue weighted by Gasteiger charge is -2.41. The Hall–Kier alpha value is -1.35. The number of ether oxygens (including phenoxy) is 1. The summed E-state index contributed by atoms with van der Waals surface area (Å²) in [6.45, 7) is 10.3. The molecule has 0 bridgehead atoms. The summed E-state index contributed by atoms with van der Waals surface area (Å²) in [6.07, 6.45) is 2.13. The van der Waals surface area contributed by atoms with Gasteiger partial charge in [0.1, 0.15) is 5.75 Å². The van der Waals surface area contributed by atoms with E-state index in [0.717, 1.165) is 37.2 Å². The summed E-state index contributed by atoms with van der Waals surface area (Å²) in [5, 5.41) is 0. The van der Waals surface area contributed by atoms with E-state index in [-0.39, 0.29) is 5.54 Å². The number of methoxy groups -OCH3 is 1. The van der Waals surface area contributed by atoms with Crippen molar-refractivity contribution in [1.82, 2.24) is 4.90 Å². The van der Waals surface area contributed by atoms with Gasteiger partial charge in [-0.05, 0) is 32.0 Å². The fourth-order valence-corrected chi connectivity index (χ4v) is 3.28. The predicted molar refractivity (Wildman–Crippen MR) is 87.9 cm³/mol. The monoisotopic (exact) mass is 291 g/mol. The molecule has 0 atom stereocenters. The predicted octanol–water partition coefficient (Wildman–Crippen LogP) is 3.71. The largest absolute Gasteiger partial charge is 0.496 e. The number of para-hydroxylation sites is 1. The molecule has 118 valence electrons. The lowest BCUT2D eigenvalue weighted by molar-refractivity contribution is -0.131. The van der Waals surface area contributed by atoms with E-state index in [9.17, 15) is 4.79 Å². The summed E-state index contributed by atoms with van der Waals surface area (Å²) < 4.78 is 5.37. The molecule has 0 spiro atoms. The van der Waals surface area contributed by atoms with Crippen molar-refractivity contribution in [3.05, 3.63) is 29.8 Å². The summed E-state index contributed by atoms with van der Waals surface area (Å²) in [5.74, 6) is 1.09. The van der Waals surface area contributed by atoms with Crippen LogP contribution < -0.4 is 4.74 Å². The molecule has 0 aliphatic heterocycles. The number of Topliss-reactive ketones (excluding diaryl/α,β-unsaturated/α-hetero) is 1. The maximum atomic E-state index is 13.0. The molecule has 0 saturated carbocycles. The lowest BCUT2D eigenvalue weighted by Crippen LogP contribution is -2.54. The van der Waals surface area contributed by atoms with Gasteiger partial charge in [-0.2, -0.15) is 0 Å². The molecule has 0 aromatic heterocycles. The van der Waals surface area contributed by atoms with E-state index < -0.39 is 0 Å². The summed E-state index contributed by atoms with van der Waals surface area (Å²) >= 11 is 0. The van der Waals surface area contributed by atoms with Crippen molar-refractivity contribution in [1.29, 1.82) is 0 Å². The first kappa shape index (κ1) is 17.7. The Bertz CT molecular complexity index is 448. The molecule has 0 aliphatic rings. The number of rotatable bonds is 9. The first-order chi connectivity index (χ1) is 10.1. The van der Waals surface area contributed by atoms with E-state index in [2.05, 4.69) is 32.6 Å². The molecule has 3 heteroatoms. The van der Waals surface area contributed by atoms with Crippen LogP contribution in [0.1, 0.15) is 46.1 Å². The van der Waals surface area contributed by atoms with Crippen molar-refractivity contribution in [3.8, 4) is 5.75 Å². The molecule has 0 heterocycles. The van der Waals surface area contributed by atoms with Crippen LogP contribution >= 0.6 is 0 Å². The van der Waals surface area contributed by atoms with Crippen LogP contribution in [0.3, 0.4) is 0 Å². The average molecular weight is 291 g/mol. The Kier molecular flexibility index (Phi) is 6.90. The molecule has 0 radical (unpaired) electrons. The third kappa shape index (κ3) is 3.65. The first-order valence-corrected chi connectivity index (χ1v) is 7.99. The minimum Gasteiger partial charge on any atom is -0.496 e. The zero-order chi connectivity index (χ0) is 15.9. The van der Waals surface area contributed by atoms with E-state index in [1.807, 2.05) is 24.3 Å². The molecular weight excluding hydrogens is 262 g/mol. The smallest absolute Gasteiger partial charge is 0.157 e. The second-order valence-corrected chi connectivity index (χ2v) is 5.32. The highest BCUT2D eigenvalue weighted by atomic mass is 16.5. The average Bonchev–Trinajstić information content (AvgIpc) is 2.53. The molecule has 1 rings (SSSR count). The van der Waals surface area contributed by atoms with Gasteiger partial charge in [0, 0.05) is 12.0 Å². The van der Waals surface area contributed by atoms with E-state index in [0.29, 0.717) is 12.2 Å². The molecule has 1 aromatic carbocycles. The molecule has 21 heavy (non-hydrogen) atoms. The number of ketones is 1. The maximum absolute atomic E-state index is 13.0. The number of carbonyl (C=O) groups excluding carboxylic acids is 1. The van der Waals surface area contributed by atoms with Crippen LogP contribution in [0.5, 0.6) is 5.75 Å².